The number of rotatable bonds is 5. The number of fused-ring (bicyclic) bond motifs is 1. The van der Waals surface area contributed by atoms with Crippen LogP contribution in [0.4, 0.5) is 0 Å². The van der Waals surface area contributed by atoms with Gasteiger partial charge in [0.05, 0.1) is 0 Å². The van der Waals surface area contributed by atoms with Gasteiger partial charge in [-0.2, -0.15) is 0 Å². The van der Waals surface area contributed by atoms with Gasteiger partial charge in [-0.3, -0.25) is 14.4 Å². The Labute approximate surface area is 114 Å². The van der Waals surface area contributed by atoms with Crippen LogP contribution in [-0.2, 0) is 9.59 Å². The van der Waals surface area contributed by atoms with Gasteiger partial charge in [-0.25, -0.2) is 0 Å². The number of aromatic nitrogens is 1. The Bertz CT molecular complexity index is 628. The average Bonchev–Trinajstić information content (AvgIpc) is 2.79. The number of H-pyrrole nitrogens is 1. The van der Waals surface area contributed by atoms with Crippen molar-refractivity contribution in [3.05, 3.63) is 36.0 Å². The maximum absolute atomic E-state index is 12.3. The van der Waals surface area contributed by atoms with Crippen molar-refractivity contribution in [2.45, 2.75) is 0 Å². The number of amides is 3. The molecule has 0 radical (unpaired) electrons. The largest absolute Gasteiger partial charge is 0.368 e. The highest BCUT2D eigenvalue weighted by atomic mass is 16.2. The van der Waals surface area contributed by atoms with E-state index in [9.17, 15) is 14.4 Å². The number of hydrogen-bond acceptors (Lipinski definition) is 3. The van der Waals surface area contributed by atoms with Crippen LogP contribution >= 0.6 is 0 Å². The van der Waals surface area contributed by atoms with Crippen molar-refractivity contribution in [2.24, 2.45) is 11.5 Å². The lowest BCUT2D eigenvalue weighted by atomic mass is 10.2. The standard InChI is InChI=1S/C13H14N4O3/c14-11(18)6-17(7-12(15)19)13(20)10-5-8-3-1-2-4-9(8)16-10/h1-5,16H,6-7H2,(H2,14,18)(H2,15,19). The highest BCUT2D eigenvalue weighted by Crippen LogP contribution is 2.15. The number of nitrogens with two attached hydrogens (primary N) is 2. The molecule has 0 atom stereocenters. The van der Waals surface area contributed by atoms with Crippen molar-refractivity contribution >= 4 is 28.6 Å². The summed E-state index contributed by atoms with van der Waals surface area (Å²) in [6.07, 6.45) is 0. The molecule has 0 aliphatic heterocycles. The molecule has 0 aliphatic carbocycles. The molecular formula is C13H14N4O3. The van der Waals surface area contributed by atoms with Crippen LogP contribution in [-0.4, -0.2) is 40.7 Å². The summed E-state index contributed by atoms with van der Waals surface area (Å²) < 4.78 is 0. The third-order valence-electron chi connectivity index (χ3n) is 2.74. The molecule has 0 saturated carbocycles. The van der Waals surface area contributed by atoms with Crippen LogP contribution in [0.2, 0.25) is 0 Å². The van der Waals surface area contributed by atoms with Gasteiger partial charge in [0, 0.05) is 10.9 Å². The summed E-state index contributed by atoms with van der Waals surface area (Å²) in [7, 11) is 0. The van der Waals surface area contributed by atoms with Crippen LogP contribution in [0.5, 0.6) is 0 Å². The van der Waals surface area contributed by atoms with Crippen LogP contribution in [0.3, 0.4) is 0 Å². The third-order valence-corrected chi connectivity index (χ3v) is 2.74. The third kappa shape index (κ3) is 2.94. The summed E-state index contributed by atoms with van der Waals surface area (Å²) >= 11 is 0. The molecule has 104 valence electrons. The molecule has 0 fully saturated rings. The molecule has 0 bridgehead atoms. The summed E-state index contributed by atoms with van der Waals surface area (Å²) in [5.41, 5.74) is 11.2. The minimum absolute atomic E-state index is 0.272. The monoisotopic (exact) mass is 274 g/mol. The molecule has 1 aromatic heterocycles. The predicted molar refractivity (Wildman–Crippen MR) is 72.6 cm³/mol. The van der Waals surface area contributed by atoms with E-state index in [2.05, 4.69) is 4.98 Å². The molecule has 1 aromatic carbocycles. The Morgan fingerprint density at radius 3 is 2.20 bits per heavy atom. The van der Waals surface area contributed by atoms with E-state index >= 15 is 0 Å². The minimum Gasteiger partial charge on any atom is -0.368 e. The Balaban J connectivity index is 2.29. The van der Waals surface area contributed by atoms with Gasteiger partial charge in [-0.15, -0.1) is 0 Å². The Morgan fingerprint density at radius 2 is 1.65 bits per heavy atom. The van der Waals surface area contributed by atoms with Crippen LogP contribution in [0, 0.1) is 0 Å². The van der Waals surface area contributed by atoms with Gasteiger partial charge in [0.15, 0.2) is 0 Å². The molecule has 2 aromatic rings. The van der Waals surface area contributed by atoms with E-state index in [4.69, 9.17) is 11.5 Å². The molecule has 0 aliphatic rings. The molecule has 1 heterocycles. The summed E-state index contributed by atoms with van der Waals surface area (Å²) in [5, 5.41) is 0.856. The van der Waals surface area contributed by atoms with Crippen LogP contribution in [0.15, 0.2) is 30.3 Å². The summed E-state index contributed by atoms with van der Waals surface area (Å²) in [5.74, 6) is -1.93. The van der Waals surface area contributed by atoms with Crippen LogP contribution in [0.25, 0.3) is 10.9 Å². The Hall–Kier alpha value is -2.83. The first kappa shape index (κ1) is 13.6. The molecule has 5 N–H and O–H groups in total. The lowest BCUT2D eigenvalue weighted by Crippen LogP contribution is -2.43. The fraction of sp³-hybridized carbons (Fsp3) is 0.154. The van der Waals surface area contributed by atoms with E-state index in [1.54, 1.807) is 6.07 Å². The number of para-hydroxylation sites is 1. The fourth-order valence-electron chi connectivity index (χ4n) is 1.93. The van der Waals surface area contributed by atoms with E-state index in [1.165, 1.54) is 0 Å². The quantitative estimate of drug-likeness (QED) is 0.686. The van der Waals surface area contributed by atoms with Crippen molar-refractivity contribution < 1.29 is 14.4 Å². The predicted octanol–water partition coefficient (Wildman–Crippen LogP) is -0.419. The zero-order chi connectivity index (χ0) is 14.7. The van der Waals surface area contributed by atoms with Crippen molar-refractivity contribution in [3.63, 3.8) is 0 Å². The van der Waals surface area contributed by atoms with Gasteiger partial charge < -0.3 is 21.4 Å². The highest BCUT2D eigenvalue weighted by Gasteiger charge is 2.21. The van der Waals surface area contributed by atoms with Crippen molar-refractivity contribution in [1.29, 1.82) is 0 Å². The number of carbonyl (C=O) groups is 3. The second kappa shape index (κ2) is 5.43. The van der Waals surface area contributed by atoms with Gasteiger partial charge in [-0.1, -0.05) is 18.2 Å². The maximum Gasteiger partial charge on any atom is 0.271 e. The van der Waals surface area contributed by atoms with E-state index in [1.807, 2.05) is 24.3 Å². The normalized spacial score (nSPS) is 10.4. The van der Waals surface area contributed by atoms with Crippen molar-refractivity contribution in [1.82, 2.24) is 9.88 Å². The second-order valence-corrected chi connectivity index (χ2v) is 4.36. The minimum atomic E-state index is -0.712. The summed E-state index contributed by atoms with van der Waals surface area (Å²) in [6.45, 7) is -0.728. The fourth-order valence-corrected chi connectivity index (χ4v) is 1.93. The van der Waals surface area contributed by atoms with E-state index in [0.717, 1.165) is 15.8 Å². The number of aromatic amines is 1. The van der Waals surface area contributed by atoms with Crippen LogP contribution in [0.1, 0.15) is 10.5 Å². The topological polar surface area (TPSA) is 122 Å². The van der Waals surface area contributed by atoms with E-state index in [0.29, 0.717) is 0 Å². The molecule has 20 heavy (non-hydrogen) atoms. The van der Waals surface area contributed by atoms with E-state index < -0.39 is 17.7 Å². The molecule has 0 unspecified atom stereocenters. The SMILES string of the molecule is NC(=O)CN(CC(N)=O)C(=O)c1cc2ccccc2[nH]1. The molecule has 3 amide bonds. The molecule has 0 saturated heterocycles. The molecular weight excluding hydrogens is 260 g/mol. The number of carbonyl (C=O) groups excluding carboxylic acids is 3. The first-order valence-corrected chi connectivity index (χ1v) is 5.91. The van der Waals surface area contributed by atoms with Gasteiger partial charge >= 0.3 is 0 Å². The number of benzene rings is 1. The van der Waals surface area contributed by atoms with Gasteiger partial charge in [0.1, 0.15) is 18.8 Å². The smallest absolute Gasteiger partial charge is 0.271 e. The Kier molecular flexibility index (Phi) is 3.69. The lowest BCUT2D eigenvalue weighted by molar-refractivity contribution is -0.121. The zero-order valence-electron chi connectivity index (χ0n) is 10.6. The molecule has 0 spiro atoms. The van der Waals surface area contributed by atoms with Gasteiger partial charge in [0.2, 0.25) is 11.8 Å². The zero-order valence-corrected chi connectivity index (χ0v) is 10.6. The first-order valence-electron chi connectivity index (χ1n) is 5.91. The Morgan fingerprint density at radius 1 is 1.05 bits per heavy atom. The molecule has 7 heteroatoms. The maximum atomic E-state index is 12.3. The first-order chi connectivity index (χ1) is 9.47. The number of nitrogens with zero attached hydrogens (tertiary/aromatic N) is 1. The van der Waals surface area contributed by atoms with E-state index in [-0.39, 0.29) is 18.8 Å². The lowest BCUT2D eigenvalue weighted by Gasteiger charge is -2.18. The van der Waals surface area contributed by atoms with Crippen molar-refractivity contribution in [2.75, 3.05) is 13.1 Å². The second-order valence-electron chi connectivity index (χ2n) is 4.36. The number of hydrogen-bond donors (Lipinski definition) is 3. The summed E-state index contributed by atoms with van der Waals surface area (Å²) in [4.78, 5) is 38.1. The molecule has 7 nitrogen and oxygen atoms in total. The summed E-state index contributed by atoms with van der Waals surface area (Å²) in [6, 6.07) is 8.98. The van der Waals surface area contributed by atoms with Crippen molar-refractivity contribution in [3.8, 4) is 0 Å². The van der Waals surface area contributed by atoms with Gasteiger partial charge in [0.25, 0.3) is 5.91 Å². The highest BCUT2D eigenvalue weighted by molar-refractivity contribution is 6.00. The number of primary amides is 2. The van der Waals surface area contributed by atoms with Gasteiger partial charge in [-0.05, 0) is 12.1 Å². The number of nitrogens with one attached hydrogen (secondary N) is 1. The van der Waals surface area contributed by atoms with Crippen LogP contribution < -0.4 is 11.5 Å². The molecule has 2 rings (SSSR count). The average molecular weight is 274 g/mol.